The first kappa shape index (κ1) is 38.7. The molecule has 0 amide bonds. The van der Waals surface area contributed by atoms with Gasteiger partial charge in [-0.15, -0.1) is 0 Å². The van der Waals surface area contributed by atoms with Gasteiger partial charge in [0.05, 0.1) is 84.1 Å². The highest BCUT2D eigenvalue weighted by Crippen LogP contribution is 2.48. The Labute approximate surface area is 359 Å². The molecule has 11 heteroatoms. The summed E-state index contributed by atoms with van der Waals surface area (Å²) in [6.07, 6.45) is 1.56. The second-order valence-corrected chi connectivity index (χ2v) is 15.4. The number of anilines is 2. The fraction of sp³-hybridized carbons (Fsp3) is 0.196. The predicted molar refractivity (Wildman–Crippen MR) is 242 cm³/mol. The zero-order valence-electron chi connectivity index (χ0n) is 35.0. The molecule has 0 aliphatic carbocycles. The number of nitrogens with zero attached hydrogens (tertiary/aromatic N) is 6. The van der Waals surface area contributed by atoms with Crippen LogP contribution in [-0.4, -0.2) is 67.2 Å². The molecule has 0 saturated heterocycles. The molecule has 2 aliphatic heterocycles. The van der Waals surface area contributed by atoms with Crippen LogP contribution in [0.15, 0.2) is 121 Å². The number of methoxy groups -OCH3 is 4. The summed E-state index contributed by atoms with van der Waals surface area (Å²) in [5, 5.41) is 0.932. The third-order valence-corrected chi connectivity index (χ3v) is 12.0. The number of hydrogen-bond acceptors (Lipinski definition) is 11. The lowest BCUT2D eigenvalue weighted by molar-refractivity contribution is 0.104. The van der Waals surface area contributed by atoms with Gasteiger partial charge in [0.15, 0.2) is 5.78 Å². The lowest BCUT2D eigenvalue weighted by Gasteiger charge is -2.35. The van der Waals surface area contributed by atoms with Crippen molar-refractivity contribution in [2.45, 2.75) is 25.9 Å². The monoisotopic (exact) mass is 820 g/mol. The highest BCUT2D eigenvalue weighted by molar-refractivity contribution is 6.29. The van der Waals surface area contributed by atoms with E-state index in [-0.39, 0.29) is 17.5 Å². The van der Waals surface area contributed by atoms with Crippen LogP contribution < -0.4 is 28.7 Å². The van der Waals surface area contributed by atoms with Crippen molar-refractivity contribution in [3.05, 3.63) is 155 Å². The standard InChI is InChI=1S/C51H44N6O5/c1-59-39-27-37-41(50(54-39)61-3)43(47(45(52-37)33-17-7-5-8-18-33)56-25-23-31-15-11-13-21-35(31)29-56)49(58)44-42-38(28-40(60-2)55-51(42)62-4)53-46(34-19-9-6-10-20-34)48(44)57-26-24-32-16-12-14-22-36(32)30-57/h5-22,27-28H,23-26,29-30H2,1-4H3. The number of pyridine rings is 4. The van der Waals surface area contributed by atoms with Crippen LogP contribution in [0.3, 0.4) is 0 Å². The molecule has 2 aliphatic rings. The van der Waals surface area contributed by atoms with E-state index in [1.54, 1.807) is 40.6 Å². The normalized spacial score (nSPS) is 13.4. The van der Waals surface area contributed by atoms with Gasteiger partial charge < -0.3 is 28.7 Å². The second kappa shape index (κ2) is 16.2. The molecule has 4 aromatic carbocycles. The molecule has 308 valence electrons. The Bertz CT molecular complexity index is 2810. The third-order valence-electron chi connectivity index (χ3n) is 12.0. The lowest BCUT2D eigenvalue weighted by Crippen LogP contribution is -2.34. The number of carbonyl (C=O) groups excluding carboxylic acids is 1. The average molecular weight is 821 g/mol. The Morgan fingerprint density at radius 3 is 1.26 bits per heavy atom. The maximum absolute atomic E-state index is 17.0. The van der Waals surface area contributed by atoms with Crippen molar-refractivity contribution in [1.82, 2.24) is 19.9 Å². The van der Waals surface area contributed by atoms with Crippen LogP contribution in [0.25, 0.3) is 44.3 Å². The van der Waals surface area contributed by atoms with Crippen molar-refractivity contribution in [1.29, 1.82) is 0 Å². The number of benzene rings is 4. The summed E-state index contributed by atoms with van der Waals surface area (Å²) < 4.78 is 23.6. The molecule has 0 spiro atoms. The Hall–Kier alpha value is -7.53. The topological polar surface area (TPSA) is 112 Å². The predicted octanol–water partition coefficient (Wildman–Crippen LogP) is 9.30. The minimum Gasteiger partial charge on any atom is -0.481 e. The van der Waals surface area contributed by atoms with Gasteiger partial charge in [0.1, 0.15) is 0 Å². The lowest BCUT2D eigenvalue weighted by atomic mass is 9.88. The number of aromatic nitrogens is 4. The van der Waals surface area contributed by atoms with Crippen LogP contribution >= 0.6 is 0 Å². The van der Waals surface area contributed by atoms with Crippen LogP contribution in [0.5, 0.6) is 23.5 Å². The Kier molecular flexibility index (Phi) is 10.1. The van der Waals surface area contributed by atoms with E-state index in [0.29, 0.717) is 93.6 Å². The second-order valence-electron chi connectivity index (χ2n) is 15.4. The van der Waals surface area contributed by atoms with Crippen molar-refractivity contribution in [3.63, 3.8) is 0 Å². The van der Waals surface area contributed by atoms with Gasteiger partial charge in [-0.3, -0.25) is 4.79 Å². The first-order valence-corrected chi connectivity index (χ1v) is 20.7. The quantitative estimate of drug-likeness (QED) is 0.123. The maximum atomic E-state index is 17.0. The van der Waals surface area contributed by atoms with E-state index < -0.39 is 0 Å². The number of hydrogen-bond donors (Lipinski definition) is 0. The van der Waals surface area contributed by atoms with E-state index in [1.807, 2.05) is 60.7 Å². The van der Waals surface area contributed by atoms with Gasteiger partial charge in [0.25, 0.3) is 0 Å². The van der Waals surface area contributed by atoms with Gasteiger partial charge >= 0.3 is 0 Å². The minimum absolute atomic E-state index is 0.218. The number of ketones is 1. The molecule has 0 bridgehead atoms. The van der Waals surface area contributed by atoms with Gasteiger partial charge in [-0.1, -0.05) is 109 Å². The molecule has 0 saturated carbocycles. The fourth-order valence-electron chi connectivity index (χ4n) is 9.10. The van der Waals surface area contributed by atoms with Gasteiger partial charge in [-0.2, -0.15) is 9.97 Å². The van der Waals surface area contributed by atoms with Crippen LogP contribution in [0.2, 0.25) is 0 Å². The van der Waals surface area contributed by atoms with E-state index in [9.17, 15) is 0 Å². The van der Waals surface area contributed by atoms with Crippen LogP contribution in [0.4, 0.5) is 11.4 Å². The smallest absolute Gasteiger partial charge is 0.226 e. The molecular formula is C51H44N6O5. The van der Waals surface area contributed by atoms with Crippen molar-refractivity contribution >= 4 is 39.0 Å². The molecule has 62 heavy (non-hydrogen) atoms. The molecule has 0 N–H and O–H groups in total. The molecule has 0 unspecified atom stereocenters. The average Bonchev–Trinajstić information content (AvgIpc) is 3.34. The Morgan fingerprint density at radius 2 is 0.871 bits per heavy atom. The first-order chi connectivity index (χ1) is 30.5. The van der Waals surface area contributed by atoms with Crippen molar-refractivity contribution < 1.29 is 23.7 Å². The molecule has 0 fully saturated rings. The van der Waals surface area contributed by atoms with Gasteiger partial charge in [-0.05, 0) is 35.1 Å². The summed E-state index contributed by atoms with van der Waals surface area (Å²) in [7, 11) is 6.23. The maximum Gasteiger partial charge on any atom is 0.226 e. The fourth-order valence-corrected chi connectivity index (χ4v) is 9.10. The molecular weight excluding hydrogens is 777 g/mol. The van der Waals surface area contributed by atoms with Crippen molar-refractivity contribution in [2.75, 3.05) is 51.3 Å². The van der Waals surface area contributed by atoms with E-state index in [1.165, 1.54) is 22.3 Å². The first-order valence-electron chi connectivity index (χ1n) is 20.7. The van der Waals surface area contributed by atoms with Crippen LogP contribution in [-0.2, 0) is 25.9 Å². The zero-order chi connectivity index (χ0) is 42.3. The summed E-state index contributed by atoms with van der Waals surface area (Å²) in [5.41, 5.74) is 11.1. The number of fused-ring (bicyclic) bond motifs is 4. The Balaban J connectivity index is 1.37. The van der Waals surface area contributed by atoms with E-state index in [0.717, 1.165) is 24.0 Å². The summed E-state index contributed by atoms with van der Waals surface area (Å²) in [6.45, 7) is 2.39. The minimum atomic E-state index is -0.280. The number of carbonyl (C=O) groups is 1. The number of rotatable bonds is 10. The third kappa shape index (κ3) is 6.66. The van der Waals surface area contributed by atoms with Gasteiger partial charge in [0.2, 0.25) is 23.5 Å². The van der Waals surface area contributed by atoms with E-state index in [2.05, 4.69) is 58.3 Å². The van der Waals surface area contributed by atoms with Crippen molar-refractivity contribution in [2.24, 2.45) is 0 Å². The highest BCUT2D eigenvalue weighted by Gasteiger charge is 2.36. The van der Waals surface area contributed by atoms with Crippen LogP contribution in [0.1, 0.15) is 38.2 Å². The van der Waals surface area contributed by atoms with Gasteiger partial charge in [-0.25, -0.2) is 9.97 Å². The van der Waals surface area contributed by atoms with E-state index in [4.69, 9.17) is 38.9 Å². The Morgan fingerprint density at radius 1 is 0.484 bits per heavy atom. The molecule has 4 aromatic heterocycles. The summed E-state index contributed by atoms with van der Waals surface area (Å²) in [4.78, 5) is 41.9. The SMILES string of the molecule is COc1cc2nc(-c3ccccc3)c(N3CCc4ccccc4C3)c(C(=O)c3c(N4CCc5ccccc5C4)c(-c4ccccc4)nc4cc(OC)nc(OC)c34)c2c(OC)n1. The molecule has 11 nitrogen and oxygen atoms in total. The van der Waals surface area contributed by atoms with Crippen LogP contribution in [0, 0.1) is 0 Å². The molecule has 10 rings (SSSR count). The molecule has 6 heterocycles. The molecule has 8 aromatic rings. The highest BCUT2D eigenvalue weighted by atomic mass is 16.5. The largest absolute Gasteiger partial charge is 0.481 e. The van der Waals surface area contributed by atoms with Gasteiger partial charge in [0, 0.05) is 49.4 Å². The zero-order valence-corrected chi connectivity index (χ0v) is 35.0. The van der Waals surface area contributed by atoms with E-state index >= 15 is 4.79 Å². The number of ether oxygens (including phenoxy) is 4. The van der Waals surface area contributed by atoms with Crippen molar-refractivity contribution in [3.8, 4) is 46.0 Å². The molecule has 0 atom stereocenters. The summed E-state index contributed by atoms with van der Waals surface area (Å²) in [6, 6.07) is 40.6. The molecule has 0 radical (unpaired) electrons. The summed E-state index contributed by atoms with van der Waals surface area (Å²) >= 11 is 0. The summed E-state index contributed by atoms with van der Waals surface area (Å²) in [5.74, 6) is 0.776.